The van der Waals surface area contributed by atoms with Gasteiger partial charge in [-0.1, -0.05) is 12.8 Å². The van der Waals surface area contributed by atoms with Crippen LogP contribution in [0.4, 0.5) is 13.2 Å². The van der Waals surface area contributed by atoms with Gasteiger partial charge in [0, 0.05) is 12.3 Å². The quantitative estimate of drug-likeness (QED) is 0.766. The van der Waals surface area contributed by atoms with Gasteiger partial charge in [-0.05, 0) is 31.1 Å². The van der Waals surface area contributed by atoms with Crippen LogP contribution in [0.3, 0.4) is 0 Å². The lowest BCUT2D eigenvalue weighted by Crippen LogP contribution is -2.44. The average Bonchev–Trinajstić information content (AvgIpc) is 2.51. The lowest BCUT2D eigenvalue weighted by molar-refractivity contribution is -0.123. The van der Waals surface area contributed by atoms with E-state index in [-0.39, 0.29) is 36.0 Å². The third kappa shape index (κ3) is 6.78. The molecule has 3 nitrogen and oxygen atoms in total. The third-order valence-electron chi connectivity index (χ3n) is 2.54. The fourth-order valence-electron chi connectivity index (χ4n) is 1.72. The molecule has 1 fully saturated rings. The number of rotatable bonds is 4. The monoisotopic (exact) mass is 270 g/mol. The molecule has 1 rings (SSSR count). The Morgan fingerprint density at radius 1 is 1.35 bits per heavy atom. The van der Waals surface area contributed by atoms with Crippen LogP contribution < -0.4 is 10.6 Å². The summed E-state index contributed by atoms with van der Waals surface area (Å²) < 4.78 is 35.5. The molecule has 0 bridgehead atoms. The van der Waals surface area contributed by atoms with Gasteiger partial charge in [0.05, 0.1) is 6.04 Å². The Hall–Kier alpha value is -0.430. The summed E-state index contributed by atoms with van der Waals surface area (Å²) in [5, 5.41) is 5.63. The highest BCUT2D eigenvalue weighted by Gasteiger charge is 2.27. The van der Waals surface area contributed by atoms with E-state index in [0.717, 1.165) is 32.2 Å². The third-order valence-corrected chi connectivity index (χ3v) is 3.28. The molecule has 0 spiro atoms. The van der Waals surface area contributed by atoms with Crippen LogP contribution in [0, 0.1) is 0 Å². The molecule has 0 aromatic heterocycles. The van der Waals surface area contributed by atoms with E-state index in [2.05, 4.69) is 10.6 Å². The second kappa shape index (κ2) is 7.10. The Balaban J connectivity index is 2.15. The standard InChI is InChI=1S/C10H17F3N2OS/c11-10(12,13)17-7-6-15-9(16)8-4-2-1-3-5-14-8/h8,14H,1-7H2,(H,15,16). The van der Waals surface area contributed by atoms with Crippen molar-refractivity contribution in [2.75, 3.05) is 18.8 Å². The first-order valence-corrected chi connectivity index (χ1v) is 6.69. The number of alkyl halides is 3. The van der Waals surface area contributed by atoms with Crippen molar-refractivity contribution < 1.29 is 18.0 Å². The number of carbonyl (C=O) groups is 1. The maximum atomic E-state index is 11.8. The number of halogens is 3. The summed E-state index contributed by atoms with van der Waals surface area (Å²) in [6.07, 6.45) is 3.90. The number of hydrogen-bond acceptors (Lipinski definition) is 3. The topological polar surface area (TPSA) is 41.1 Å². The Morgan fingerprint density at radius 3 is 2.82 bits per heavy atom. The van der Waals surface area contributed by atoms with Gasteiger partial charge in [0.15, 0.2) is 0 Å². The molecule has 0 aromatic carbocycles. The van der Waals surface area contributed by atoms with Crippen molar-refractivity contribution in [2.45, 2.75) is 37.2 Å². The predicted octanol–water partition coefficient (Wildman–Crippen LogP) is 1.89. The van der Waals surface area contributed by atoms with E-state index in [1.807, 2.05) is 0 Å². The normalized spacial score (nSPS) is 21.9. The van der Waals surface area contributed by atoms with Crippen LogP contribution in [-0.4, -0.2) is 36.3 Å². The van der Waals surface area contributed by atoms with Gasteiger partial charge in [-0.2, -0.15) is 13.2 Å². The van der Waals surface area contributed by atoms with Crippen LogP contribution >= 0.6 is 11.8 Å². The molecule has 7 heteroatoms. The molecule has 2 N–H and O–H groups in total. The number of nitrogens with one attached hydrogen (secondary N) is 2. The Bertz CT molecular complexity index is 240. The molecule has 1 unspecified atom stereocenters. The summed E-state index contributed by atoms with van der Waals surface area (Å²) in [6, 6.07) is -0.242. The zero-order chi connectivity index (χ0) is 12.7. The smallest absolute Gasteiger partial charge is 0.354 e. The summed E-state index contributed by atoms with van der Waals surface area (Å²) in [5.74, 6) is -0.322. The van der Waals surface area contributed by atoms with Crippen LogP contribution in [0.5, 0.6) is 0 Å². The van der Waals surface area contributed by atoms with Gasteiger partial charge in [-0.25, -0.2) is 0 Å². The molecule has 0 aliphatic carbocycles. The molecule has 1 atom stereocenters. The first kappa shape index (κ1) is 14.6. The van der Waals surface area contributed by atoms with Gasteiger partial charge in [-0.3, -0.25) is 4.79 Å². The van der Waals surface area contributed by atoms with E-state index in [9.17, 15) is 18.0 Å². The molecule has 1 aliphatic rings. The molecular formula is C10H17F3N2OS. The molecule has 1 saturated heterocycles. The SMILES string of the molecule is O=C(NCCSC(F)(F)F)C1CCCCCN1. The van der Waals surface area contributed by atoms with Gasteiger partial charge in [0.2, 0.25) is 5.91 Å². The zero-order valence-electron chi connectivity index (χ0n) is 9.48. The Morgan fingerprint density at radius 2 is 2.12 bits per heavy atom. The summed E-state index contributed by atoms with van der Waals surface area (Å²) in [7, 11) is 0. The van der Waals surface area contributed by atoms with Crippen molar-refractivity contribution in [3.05, 3.63) is 0 Å². The molecule has 0 aromatic rings. The summed E-state index contributed by atoms with van der Waals surface area (Å²) in [5.41, 5.74) is -4.22. The fraction of sp³-hybridized carbons (Fsp3) is 0.900. The van der Waals surface area contributed by atoms with Crippen molar-refractivity contribution in [2.24, 2.45) is 0 Å². The largest absolute Gasteiger partial charge is 0.441 e. The maximum Gasteiger partial charge on any atom is 0.441 e. The first-order chi connectivity index (χ1) is 7.99. The van der Waals surface area contributed by atoms with Gasteiger partial charge in [0.1, 0.15) is 0 Å². The number of thioether (sulfide) groups is 1. The molecule has 17 heavy (non-hydrogen) atoms. The van der Waals surface area contributed by atoms with Crippen molar-refractivity contribution in [3.8, 4) is 0 Å². The van der Waals surface area contributed by atoms with Crippen molar-refractivity contribution in [3.63, 3.8) is 0 Å². The predicted molar refractivity (Wildman–Crippen MR) is 61.8 cm³/mol. The molecule has 1 amide bonds. The summed E-state index contributed by atoms with van der Waals surface area (Å²) in [4.78, 5) is 11.6. The summed E-state index contributed by atoms with van der Waals surface area (Å²) in [6.45, 7) is 0.858. The van der Waals surface area contributed by atoms with E-state index in [4.69, 9.17) is 0 Å². The maximum absolute atomic E-state index is 11.8. The van der Waals surface area contributed by atoms with Gasteiger partial charge < -0.3 is 10.6 Å². The molecule has 0 radical (unpaired) electrons. The Kier molecular flexibility index (Phi) is 6.11. The van der Waals surface area contributed by atoms with E-state index in [0.29, 0.717) is 0 Å². The molecule has 1 heterocycles. The van der Waals surface area contributed by atoms with Gasteiger partial charge in [0.25, 0.3) is 0 Å². The van der Waals surface area contributed by atoms with E-state index >= 15 is 0 Å². The first-order valence-electron chi connectivity index (χ1n) is 5.71. The van der Waals surface area contributed by atoms with Crippen molar-refractivity contribution >= 4 is 17.7 Å². The number of carbonyl (C=O) groups excluding carboxylic acids is 1. The molecule has 100 valence electrons. The number of hydrogen-bond donors (Lipinski definition) is 2. The van der Waals surface area contributed by atoms with Crippen LogP contribution in [0.15, 0.2) is 0 Å². The zero-order valence-corrected chi connectivity index (χ0v) is 10.3. The second-order valence-corrected chi connectivity index (χ2v) is 5.10. The fourth-order valence-corrected chi connectivity index (χ4v) is 2.15. The minimum Gasteiger partial charge on any atom is -0.354 e. The second-order valence-electron chi connectivity index (χ2n) is 3.94. The van der Waals surface area contributed by atoms with Crippen LogP contribution in [0.25, 0.3) is 0 Å². The average molecular weight is 270 g/mol. The lowest BCUT2D eigenvalue weighted by Gasteiger charge is -2.15. The van der Waals surface area contributed by atoms with E-state index in [1.54, 1.807) is 0 Å². The number of amides is 1. The summed E-state index contributed by atoms with van der Waals surface area (Å²) >= 11 is -0.109. The minimum absolute atomic E-state index is 0.0567. The minimum atomic E-state index is -4.22. The van der Waals surface area contributed by atoms with Crippen LogP contribution in [-0.2, 0) is 4.79 Å². The molecular weight excluding hydrogens is 253 g/mol. The highest BCUT2D eigenvalue weighted by Crippen LogP contribution is 2.29. The molecule has 0 saturated carbocycles. The highest BCUT2D eigenvalue weighted by atomic mass is 32.2. The van der Waals surface area contributed by atoms with Crippen molar-refractivity contribution in [1.82, 2.24) is 10.6 Å². The van der Waals surface area contributed by atoms with Crippen LogP contribution in [0.2, 0.25) is 0 Å². The van der Waals surface area contributed by atoms with E-state index in [1.165, 1.54) is 0 Å². The van der Waals surface area contributed by atoms with E-state index < -0.39 is 5.51 Å². The lowest BCUT2D eigenvalue weighted by atomic mass is 10.1. The van der Waals surface area contributed by atoms with Gasteiger partial charge in [-0.15, -0.1) is 0 Å². The van der Waals surface area contributed by atoms with Crippen molar-refractivity contribution in [1.29, 1.82) is 0 Å². The highest BCUT2D eigenvalue weighted by molar-refractivity contribution is 8.00. The Labute approximate surface area is 103 Å². The van der Waals surface area contributed by atoms with Gasteiger partial charge >= 0.3 is 5.51 Å². The molecule has 1 aliphatic heterocycles. The van der Waals surface area contributed by atoms with Crippen LogP contribution in [0.1, 0.15) is 25.7 Å².